The van der Waals surface area contributed by atoms with Gasteiger partial charge in [-0.15, -0.1) is 0 Å². The first-order chi connectivity index (χ1) is 8.22. The van der Waals surface area contributed by atoms with E-state index >= 15 is 0 Å². The molecule has 0 saturated carbocycles. The first-order valence-electron chi connectivity index (χ1n) is 5.20. The normalized spacial score (nSPS) is 11.9. The summed E-state index contributed by atoms with van der Waals surface area (Å²) in [7, 11) is 3.05. The molecule has 0 aromatic carbocycles. The molecule has 0 aliphatic carbocycles. The summed E-state index contributed by atoms with van der Waals surface area (Å²) in [5.74, 6) is 0.176. The number of pyridine rings is 1. The van der Waals surface area contributed by atoms with Crippen LogP contribution in [0.2, 0.25) is 0 Å². The molecule has 6 heteroatoms. The second kappa shape index (κ2) is 6.82. The van der Waals surface area contributed by atoms with Gasteiger partial charge in [0.25, 0.3) is 5.91 Å². The molecule has 94 valence electrons. The third-order valence-electron chi connectivity index (χ3n) is 2.24. The van der Waals surface area contributed by atoms with E-state index in [1.165, 1.54) is 19.5 Å². The van der Waals surface area contributed by atoms with Gasteiger partial charge in [0.05, 0.1) is 31.5 Å². The Hall–Kier alpha value is -1.66. The number of aromatic nitrogens is 1. The van der Waals surface area contributed by atoms with Gasteiger partial charge in [0, 0.05) is 19.9 Å². The predicted molar refractivity (Wildman–Crippen MR) is 63.0 cm³/mol. The Morgan fingerprint density at radius 1 is 1.59 bits per heavy atom. The molecular formula is C11H17N3O3. The van der Waals surface area contributed by atoms with Crippen molar-refractivity contribution in [3.63, 3.8) is 0 Å². The topological polar surface area (TPSA) is 86.5 Å². The number of carbonyl (C=O) groups is 1. The highest BCUT2D eigenvalue weighted by Crippen LogP contribution is 2.15. The van der Waals surface area contributed by atoms with Gasteiger partial charge in [-0.3, -0.25) is 9.78 Å². The first kappa shape index (κ1) is 13.4. The Labute approximate surface area is 100 Å². The number of methoxy groups -OCH3 is 2. The molecule has 1 atom stereocenters. The lowest BCUT2D eigenvalue weighted by molar-refractivity contribution is 0.0897. The minimum Gasteiger partial charge on any atom is -0.494 e. The summed E-state index contributed by atoms with van der Waals surface area (Å²) in [6.07, 6.45) is 3.02. The molecule has 0 aliphatic rings. The van der Waals surface area contributed by atoms with Crippen molar-refractivity contribution in [3.05, 3.63) is 24.0 Å². The van der Waals surface area contributed by atoms with Crippen molar-refractivity contribution in [1.29, 1.82) is 0 Å². The van der Waals surface area contributed by atoms with Crippen molar-refractivity contribution >= 4 is 5.91 Å². The number of carbonyl (C=O) groups excluding carboxylic acids is 1. The minimum atomic E-state index is -0.253. The van der Waals surface area contributed by atoms with Crippen LogP contribution in [-0.4, -0.2) is 44.3 Å². The highest BCUT2D eigenvalue weighted by Gasteiger charge is 2.15. The summed E-state index contributed by atoms with van der Waals surface area (Å²) in [6.45, 7) is 0.683. The van der Waals surface area contributed by atoms with E-state index in [1.807, 2.05) is 0 Å². The number of ether oxygens (including phenoxy) is 2. The van der Waals surface area contributed by atoms with E-state index in [2.05, 4.69) is 10.3 Å². The molecule has 0 saturated heterocycles. The molecule has 1 aromatic heterocycles. The average Bonchev–Trinajstić information content (AvgIpc) is 2.38. The van der Waals surface area contributed by atoms with E-state index in [0.29, 0.717) is 24.5 Å². The number of hydrogen-bond acceptors (Lipinski definition) is 5. The zero-order chi connectivity index (χ0) is 12.7. The monoisotopic (exact) mass is 239 g/mol. The minimum absolute atomic E-state index is 0.217. The van der Waals surface area contributed by atoms with Crippen molar-refractivity contribution in [2.75, 3.05) is 27.4 Å². The van der Waals surface area contributed by atoms with Crippen LogP contribution >= 0.6 is 0 Å². The second-order valence-electron chi connectivity index (χ2n) is 3.44. The Morgan fingerprint density at radius 3 is 2.94 bits per heavy atom. The summed E-state index contributed by atoms with van der Waals surface area (Å²) in [6, 6.07) is 1.37. The molecule has 1 unspecified atom stereocenters. The molecular weight excluding hydrogens is 222 g/mol. The molecule has 0 radical (unpaired) electrons. The maximum Gasteiger partial charge on any atom is 0.255 e. The van der Waals surface area contributed by atoms with Crippen molar-refractivity contribution in [3.8, 4) is 5.75 Å². The van der Waals surface area contributed by atoms with Crippen LogP contribution < -0.4 is 15.8 Å². The molecule has 1 heterocycles. The molecule has 17 heavy (non-hydrogen) atoms. The van der Waals surface area contributed by atoms with Gasteiger partial charge in [-0.05, 0) is 6.07 Å². The Kier molecular flexibility index (Phi) is 5.38. The number of nitrogens with two attached hydrogens (primary N) is 1. The lowest BCUT2D eigenvalue weighted by Gasteiger charge is -2.16. The summed E-state index contributed by atoms with van der Waals surface area (Å²) in [4.78, 5) is 15.8. The van der Waals surface area contributed by atoms with Crippen LogP contribution in [0.5, 0.6) is 5.75 Å². The molecule has 0 spiro atoms. The van der Waals surface area contributed by atoms with Gasteiger partial charge in [-0.2, -0.15) is 0 Å². The quantitative estimate of drug-likeness (QED) is 0.717. The molecule has 1 amide bonds. The molecule has 1 aromatic rings. The zero-order valence-electron chi connectivity index (χ0n) is 9.97. The summed E-state index contributed by atoms with van der Waals surface area (Å²) >= 11 is 0. The lowest BCUT2D eigenvalue weighted by atomic mass is 10.2. The van der Waals surface area contributed by atoms with E-state index in [4.69, 9.17) is 15.2 Å². The largest absolute Gasteiger partial charge is 0.494 e. The van der Waals surface area contributed by atoms with Crippen LogP contribution in [0, 0.1) is 0 Å². The van der Waals surface area contributed by atoms with Gasteiger partial charge in [-0.25, -0.2) is 0 Å². The lowest BCUT2D eigenvalue weighted by Crippen LogP contribution is -2.43. The van der Waals surface area contributed by atoms with Gasteiger partial charge >= 0.3 is 0 Å². The number of amides is 1. The summed E-state index contributed by atoms with van der Waals surface area (Å²) in [5.41, 5.74) is 5.95. The van der Waals surface area contributed by atoms with E-state index in [9.17, 15) is 4.79 Å². The number of nitrogens with zero attached hydrogens (tertiary/aromatic N) is 1. The van der Waals surface area contributed by atoms with E-state index in [-0.39, 0.29) is 11.9 Å². The van der Waals surface area contributed by atoms with Crippen molar-refractivity contribution < 1.29 is 14.3 Å². The second-order valence-corrected chi connectivity index (χ2v) is 3.44. The Morgan fingerprint density at radius 2 is 2.35 bits per heavy atom. The maximum absolute atomic E-state index is 11.9. The van der Waals surface area contributed by atoms with Crippen molar-refractivity contribution in [1.82, 2.24) is 10.3 Å². The van der Waals surface area contributed by atoms with Gasteiger partial charge < -0.3 is 20.5 Å². The fourth-order valence-electron chi connectivity index (χ4n) is 1.36. The first-order valence-corrected chi connectivity index (χ1v) is 5.20. The predicted octanol–water partition coefficient (Wildman–Crippen LogP) is -0.206. The van der Waals surface area contributed by atoms with Crippen LogP contribution in [0.4, 0.5) is 0 Å². The van der Waals surface area contributed by atoms with Gasteiger partial charge in [0.2, 0.25) is 0 Å². The summed E-state index contributed by atoms with van der Waals surface area (Å²) in [5, 5.41) is 2.76. The van der Waals surface area contributed by atoms with Crippen LogP contribution in [0.3, 0.4) is 0 Å². The third kappa shape index (κ3) is 3.69. The van der Waals surface area contributed by atoms with Crippen molar-refractivity contribution in [2.24, 2.45) is 5.73 Å². The van der Waals surface area contributed by atoms with Crippen molar-refractivity contribution in [2.45, 2.75) is 6.04 Å². The fraction of sp³-hybridized carbons (Fsp3) is 0.455. The SMILES string of the molecule is COCC(CN)NC(=O)c1ccncc1OC. The molecule has 0 aliphatic heterocycles. The van der Waals surface area contributed by atoms with Gasteiger partial charge in [-0.1, -0.05) is 0 Å². The van der Waals surface area contributed by atoms with Gasteiger partial charge in [0.1, 0.15) is 5.75 Å². The van der Waals surface area contributed by atoms with Crippen LogP contribution in [0.1, 0.15) is 10.4 Å². The molecule has 0 bridgehead atoms. The molecule has 0 fully saturated rings. The van der Waals surface area contributed by atoms with E-state index < -0.39 is 0 Å². The summed E-state index contributed by atoms with van der Waals surface area (Å²) < 4.78 is 10.0. The Bertz CT molecular complexity index is 371. The van der Waals surface area contributed by atoms with Crippen LogP contribution in [0.15, 0.2) is 18.5 Å². The van der Waals surface area contributed by atoms with E-state index in [0.717, 1.165) is 0 Å². The van der Waals surface area contributed by atoms with Crippen LogP contribution in [0.25, 0.3) is 0 Å². The maximum atomic E-state index is 11.9. The number of nitrogens with one attached hydrogen (secondary N) is 1. The highest BCUT2D eigenvalue weighted by atomic mass is 16.5. The number of hydrogen-bond donors (Lipinski definition) is 2. The standard InChI is InChI=1S/C11H17N3O3/c1-16-7-8(5-12)14-11(15)9-3-4-13-6-10(9)17-2/h3-4,6,8H,5,7,12H2,1-2H3,(H,14,15). The average molecular weight is 239 g/mol. The fourth-order valence-corrected chi connectivity index (χ4v) is 1.36. The molecule has 6 nitrogen and oxygen atoms in total. The molecule has 3 N–H and O–H groups in total. The molecule has 1 rings (SSSR count). The van der Waals surface area contributed by atoms with Gasteiger partial charge in [0.15, 0.2) is 0 Å². The van der Waals surface area contributed by atoms with E-state index in [1.54, 1.807) is 13.2 Å². The van der Waals surface area contributed by atoms with Crippen LogP contribution in [-0.2, 0) is 4.74 Å². The smallest absolute Gasteiger partial charge is 0.255 e. The Balaban J connectivity index is 2.75. The third-order valence-corrected chi connectivity index (χ3v) is 2.24. The number of rotatable bonds is 6. The highest BCUT2D eigenvalue weighted by molar-refractivity contribution is 5.96. The zero-order valence-corrected chi connectivity index (χ0v) is 9.97.